The van der Waals surface area contributed by atoms with E-state index < -0.39 is 6.04 Å². The van der Waals surface area contributed by atoms with Crippen molar-refractivity contribution in [2.24, 2.45) is 5.73 Å². The van der Waals surface area contributed by atoms with Crippen LogP contribution in [0.2, 0.25) is 0 Å². The summed E-state index contributed by atoms with van der Waals surface area (Å²) in [5.41, 5.74) is 7.41. The van der Waals surface area contributed by atoms with Crippen LogP contribution >= 0.6 is 0 Å². The highest BCUT2D eigenvalue weighted by Crippen LogP contribution is 2.11. The van der Waals surface area contributed by atoms with Crippen molar-refractivity contribution in [3.63, 3.8) is 0 Å². The number of pyridine rings is 1. The maximum atomic E-state index is 11.9. The standard InChI is InChI=1S/C14H15N3O2/c15-13(9-10-1-3-12(18)4-2-10)14(19)17-11-5-7-16-8-6-11/h1-8,13,18H,9,15H2,(H,16,17,19)/t13-/m1/s1. The molecule has 1 amide bonds. The zero-order chi connectivity index (χ0) is 13.7. The second-order valence-electron chi connectivity index (χ2n) is 4.20. The first-order chi connectivity index (χ1) is 9.15. The lowest BCUT2D eigenvalue weighted by Crippen LogP contribution is -2.37. The quantitative estimate of drug-likeness (QED) is 0.770. The lowest BCUT2D eigenvalue weighted by atomic mass is 10.1. The number of phenols is 1. The zero-order valence-electron chi connectivity index (χ0n) is 10.3. The highest BCUT2D eigenvalue weighted by molar-refractivity contribution is 5.94. The lowest BCUT2D eigenvalue weighted by molar-refractivity contribution is -0.117. The Kier molecular flexibility index (Phi) is 4.10. The van der Waals surface area contributed by atoms with Crippen molar-refractivity contribution in [1.29, 1.82) is 0 Å². The topological polar surface area (TPSA) is 88.2 Å². The van der Waals surface area contributed by atoms with Gasteiger partial charge in [-0.25, -0.2) is 0 Å². The molecule has 0 saturated carbocycles. The molecule has 0 spiro atoms. The largest absolute Gasteiger partial charge is 0.508 e. The predicted octanol–water partition coefficient (Wildman–Crippen LogP) is 1.30. The van der Waals surface area contributed by atoms with Gasteiger partial charge in [0.05, 0.1) is 6.04 Å². The van der Waals surface area contributed by atoms with Gasteiger partial charge in [-0.2, -0.15) is 0 Å². The zero-order valence-corrected chi connectivity index (χ0v) is 10.3. The fourth-order valence-electron chi connectivity index (χ4n) is 1.65. The number of phenolic OH excluding ortho intramolecular Hbond substituents is 1. The van der Waals surface area contributed by atoms with Gasteiger partial charge in [0, 0.05) is 18.1 Å². The number of aromatic nitrogens is 1. The molecule has 4 N–H and O–H groups in total. The highest BCUT2D eigenvalue weighted by atomic mass is 16.3. The van der Waals surface area contributed by atoms with E-state index in [2.05, 4.69) is 10.3 Å². The Bertz CT molecular complexity index is 540. The molecule has 1 atom stereocenters. The Morgan fingerprint density at radius 3 is 2.47 bits per heavy atom. The smallest absolute Gasteiger partial charge is 0.241 e. The average molecular weight is 257 g/mol. The van der Waals surface area contributed by atoms with Gasteiger partial charge in [-0.3, -0.25) is 9.78 Å². The molecule has 0 bridgehead atoms. The van der Waals surface area contributed by atoms with E-state index in [9.17, 15) is 9.90 Å². The number of nitrogens with two attached hydrogens (primary N) is 1. The second-order valence-corrected chi connectivity index (χ2v) is 4.20. The van der Waals surface area contributed by atoms with E-state index in [0.29, 0.717) is 12.1 Å². The molecular weight excluding hydrogens is 242 g/mol. The minimum Gasteiger partial charge on any atom is -0.508 e. The molecule has 0 saturated heterocycles. The van der Waals surface area contributed by atoms with Gasteiger partial charge in [-0.1, -0.05) is 12.1 Å². The van der Waals surface area contributed by atoms with Crippen molar-refractivity contribution < 1.29 is 9.90 Å². The average Bonchev–Trinajstić information content (AvgIpc) is 2.42. The number of benzene rings is 1. The molecule has 0 aliphatic rings. The van der Waals surface area contributed by atoms with Crippen LogP contribution in [-0.2, 0) is 11.2 Å². The van der Waals surface area contributed by atoms with Gasteiger partial charge in [0.15, 0.2) is 0 Å². The molecule has 98 valence electrons. The number of hydrogen-bond acceptors (Lipinski definition) is 4. The Morgan fingerprint density at radius 2 is 1.84 bits per heavy atom. The molecular formula is C14H15N3O2. The summed E-state index contributed by atoms with van der Waals surface area (Å²) in [7, 11) is 0. The van der Waals surface area contributed by atoms with Gasteiger partial charge >= 0.3 is 0 Å². The number of carbonyl (C=O) groups excluding carboxylic acids is 1. The van der Waals surface area contributed by atoms with E-state index in [0.717, 1.165) is 5.56 Å². The van der Waals surface area contributed by atoms with Gasteiger partial charge in [0.25, 0.3) is 0 Å². The Hall–Kier alpha value is -2.40. The van der Waals surface area contributed by atoms with Crippen molar-refractivity contribution in [2.75, 3.05) is 5.32 Å². The van der Waals surface area contributed by atoms with Crippen molar-refractivity contribution in [3.05, 3.63) is 54.4 Å². The summed E-state index contributed by atoms with van der Waals surface area (Å²) in [6.07, 6.45) is 3.61. The summed E-state index contributed by atoms with van der Waals surface area (Å²) in [6.45, 7) is 0. The molecule has 2 rings (SSSR count). The van der Waals surface area contributed by atoms with Gasteiger partial charge in [-0.15, -0.1) is 0 Å². The molecule has 1 heterocycles. The SMILES string of the molecule is N[C@H](Cc1ccc(O)cc1)C(=O)Nc1ccncc1. The fourth-order valence-corrected chi connectivity index (χ4v) is 1.65. The lowest BCUT2D eigenvalue weighted by Gasteiger charge is -2.12. The fraction of sp³-hybridized carbons (Fsp3) is 0.143. The normalized spacial score (nSPS) is 11.8. The summed E-state index contributed by atoms with van der Waals surface area (Å²) in [4.78, 5) is 15.7. The number of anilines is 1. The third-order valence-corrected chi connectivity index (χ3v) is 2.68. The van der Waals surface area contributed by atoms with E-state index in [1.54, 1.807) is 48.8 Å². The van der Waals surface area contributed by atoms with E-state index in [4.69, 9.17) is 5.73 Å². The van der Waals surface area contributed by atoms with Crippen LogP contribution in [0.4, 0.5) is 5.69 Å². The molecule has 0 fully saturated rings. The van der Waals surface area contributed by atoms with E-state index in [-0.39, 0.29) is 11.7 Å². The number of carbonyl (C=O) groups is 1. The Balaban J connectivity index is 1.94. The van der Waals surface area contributed by atoms with Gasteiger partial charge in [-0.05, 0) is 36.2 Å². The van der Waals surface area contributed by atoms with Crippen LogP contribution in [0.15, 0.2) is 48.8 Å². The minimum atomic E-state index is -0.641. The van der Waals surface area contributed by atoms with Crippen LogP contribution in [0, 0.1) is 0 Å². The number of aromatic hydroxyl groups is 1. The minimum absolute atomic E-state index is 0.193. The van der Waals surface area contributed by atoms with Crippen molar-refractivity contribution in [3.8, 4) is 5.75 Å². The number of hydrogen-bond donors (Lipinski definition) is 3. The van der Waals surface area contributed by atoms with Gasteiger partial charge < -0.3 is 16.2 Å². The predicted molar refractivity (Wildman–Crippen MR) is 72.7 cm³/mol. The maximum Gasteiger partial charge on any atom is 0.241 e. The van der Waals surface area contributed by atoms with Crippen LogP contribution < -0.4 is 11.1 Å². The Labute approximate surface area is 111 Å². The first-order valence-corrected chi connectivity index (χ1v) is 5.89. The number of nitrogens with zero attached hydrogens (tertiary/aromatic N) is 1. The van der Waals surface area contributed by atoms with Gasteiger partial charge in [0.2, 0.25) is 5.91 Å². The van der Waals surface area contributed by atoms with Crippen LogP contribution in [0.1, 0.15) is 5.56 Å². The van der Waals surface area contributed by atoms with Gasteiger partial charge in [0.1, 0.15) is 5.75 Å². The summed E-state index contributed by atoms with van der Waals surface area (Å²) in [5.74, 6) is -0.0576. The molecule has 0 aliphatic carbocycles. The number of rotatable bonds is 4. The molecule has 19 heavy (non-hydrogen) atoms. The van der Waals surface area contributed by atoms with Crippen molar-refractivity contribution in [1.82, 2.24) is 4.98 Å². The van der Waals surface area contributed by atoms with E-state index >= 15 is 0 Å². The third kappa shape index (κ3) is 3.79. The third-order valence-electron chi connectivity index (χ3n) is 2.68. The summed E-state index contributed by atoms with van der Waals surface area (Å²) >= 11 is 0. The highest BCUT2D eigenvalue weighted by Gasteiger charge is 2.14. The Morgan fingerprint density at radius 1 is 1.21 bits per heavy atom. The van der Waals surface area contributed by atoms with Crippen LogP contribution in [0.5, 0.6) is 5.75 Å². The number of nitrogens with one attached hydrogen (secondary N) is 1. The molecule has 0 unspecified atom stereocenters. The molecule has 1 aromatic heterocycles. The van der Waals surface area contributed by atoms with Crippen LogP contribution in [0.25, 0.3) is 0 Å². The van der Waals surface area contributed by atoms with Crippen molar-refractivity contribution in [2.45, 2.75) is 12.5 Å². The van der Waals surface area contributed by atoms with E-state index in [1.807, 2.05) is 0 Å². The molecule has 5 heteroatoms. The molecule has 0 aliphatic heterocycles. The first kappa shape index (κ1) is 13.0. The molecule has 2 aromatic rings. The van der Waals surface area contributed by atoms with E-state index in [1.165, 1.54) is 0 Å². The van der Waals surface area contributed by atoms with Crippen LogP contribution in [-0.4, -0.2) is 22.0 Å². The first-order valence-electron chi connectivity index (χ1n) is 5.89. The number of amides is 1. The summed E-state index contributed by atoms with van der Waals surface area (Å²) < 4.78 is 0. The van der Waals surface area contributed by atoms with Crippen molar-refractivity contribution >= 4 is 11.6 Å². The second kappa shape index (κ2) is 5.97. The van der Waals surface area contributed by atoms with Crippen LogP contribution in [0.3, 0.4) is 0 Å². The molecule has 0 radical (unpaired) electrons. The molecule has 5 nitrogen and oxygen atoms in total. The monoisotopic (exact) mass is 257 g/mol. The summed E-state index contributed by atoms with van der Waals surface area (Å²) in [6, 6.07) is 9.39. The maximum absolute atomic E-state index is 11.9. The summed E-state index contributed by atoms with van der Waals surface area (Å²) in [5, 5.41) is 11.9. The molecule has 1 aromatic carbocycles.